The number of anilines is 2. The van der Waals surface area contributed by atoms with Crippen molar-refractivity contribution in [2.75, 3.05) is 11.1 Å². The smallest absolute Gasteiger partial charge is 0.0499 e. The van der Waals surface area contributed by atoms with E-state index >= 15 is 0 Å². The van der Waals surface area contributed by atoms with Gasteiger partial charge < -0.3 is 11.1 Å². The third kappa shape index (κ3) is 3.09. The van der Waals surface area contributed by atoms with Crippen LogP contribution in [0.15, 0.2) is 43.0 Å². The first kappa shape index (κ1) is 13.5. The fraction of sp³-hybridized carbons (Fsp3) is 0.125. The molecule has 3 heteroatoms. The van der Waals surface area contributed by atoms with Crippen molar-refractivity contribution in [2.45, 2.75) is 13.8 Å². The molecular weight excluding hydrogens is 256 g/mol. The van der Waals surface area contributed by atoms with Crippen molar-refractivity contribution in [3.8, 4) is 0 Å². The van der Waals surface area contributed by atoms with Crippen LogP contribution in [0.4, 0.5) is 11.4 Å². The molecule has 2 aromatic carbocycles. The summed E-state index contributed by atoms with van der Waals surface area (Å²) in [4.78, 5) is 0. The lowest BCUT2D eigenvalue weighted by molar-refractivity contribution is 1.41. The van der Waals surface area contributed by atoms with E-state index in [0.29, 0.717) is 5.02 Å². The molecule has 0 radical (unpaired) electrons. The number of halogens is 1. The molecule has 98 valence electrons. The maximum absolute atomic E-state index is 6.20. The Kier molecular flexibility index (Phi) is 3.82. The lowest BCUT2D eigenvalue weighted by atomic mass is 10.1. The predicted molar refractivity (Wildman–Crippen MR) is 84.4 cm³/mol. The van der Waals surface area contributed by atoms with Crippen LogP contribution in [0.5, 0.6) is 0 Å². The molecule has 0 amide bonds. The summed E-state index contributed by atoms with van der Waals surface area (Å²) in [5.41, 5.74) is 11.4. The molecule has 0 spiro atoms. The van der Waals surface area contributed by atoms with Gasteiger partial charge in [0.25, 0.3) is 0 Å². The van der Waals surface area contributed by atoms with E-state index in [4.69, 9.17) is 17.3 Å². The van der Waals surface area contributed by atoms with Crippen LogP contribution in [0.25, 0.3) is 5.70 Å². The predicted octanol–water partition coefficient (Wildman–Crippen LogP) is 4.62. The van der Waals surface area contributed by atoms with Crippen molar-refractivity contribution in [1.29, 1.82) is 0 Å². The Morgan fingerprint density at radius 3 is 2.58 bits per heavy atom. The van der Waals surface area contributed by atoms with E-state index < -0.39 is 0 Å². The molecule has 0 aliphatic carbocycles. The van der Waals surface area contributed by atoms with Crippen LogP contribution in [-0.2, 0) is 0 Å². The number of rotatable bonds is 3. The first-order chi connectivity index (χ1) is 8.97. The molecule has 0 fully saturated rings. The van der Waals surface area contributed by atoms with Crippen molar-refractivity contribution in [1.82, 2.24) is 0 Å². The second-order valence-corrected chi connectivity index (χ2v) is 5.07. The van der Waals surface area contributed by atoms with Crippen LogP contribution in [0.1, 0.15) is 16.7 Å². The van der Waals surface area contributed by atoms with Gasteiger partial charge in [-0.1, -0.05) is 29.8 Å². The van der Waals surface area contributed by atoms with E-state index in [0.717, 1.165) is 33.8 Å². The minimum absolute atomic E-state index is 0.691. The molecule has 2 rings (SSSR count). The Bertz CT molecular complexity index is 633. The van der Waals surface area contributed by atoms with Gasteiger partial charge in [-0.25, -0.2) is 0 Å². The zero-order chi connectivity index (χ0) is 14.0. The first-order valence-corrected chi connectivity index (χ1v) is 6.44. The third-order valence-corrected chi connectivity index (χ3v) is 3.31. The summed E-state index contributed by atoms with van der Waals surface area (Å²) in [6, 6.07) is 11.6. The van der Waals surface area contributed by atoms with Crippen LogP contribution in [0.2, 0.25) is 5.02 Å². The largest absolute Gasteiger partial charge is 0.399 e. The van der Waals surface area contributed by atoms with Crippen molar-refractivity contribution < 1.29 is 0 Å². The number of hydrogen-bond acceptors (Lipinski definition) is 2. The monoisotopic (exact) mass is 272 g/mol. The van der Waals surface area contributed by atoms with Gasteiger partial charge in [0.1, 0.15) is 0 Å². The number of nitrogen functional groups attached to an aromatic ring is 1. The molecule has 0 saturated heterocycles. The molecule has 0 aromatic heterocycles. The molecule has 2 nitrogen and oxygen atoms in total. The maximum atomic E-state index is 6.20. The Labute approximate surface area is 118 Å². The third-order valence-electron chi connectivity index (χ3n) is 2.98. The second kappa shape index (κ2) is 5.37. The summed E-state index contributed by atoms with van der Waals surface area (Å²) in [5.74, 6) is 0. The molecule has 0 atom stereocenters. The van der Waals surface area contributed by atoms with Gasteiger partial charge in [-0.15, -0.1) is 0 Å². The molecule has 0 heterocycles. The molecule has 3 N–H and O–H groups in total. The number of aryl methyl sites for hydroxylation is 2. The maximum Gasteiger partial charge on any atom is 0.0499 e. The topological polar surface area (TPSA) is 38.0 Å². The molecule has 0 saturated carbocycles. The molecule has 19 heavy (non-hydrogen) atoms. The number of hydrogen-bond donors (Lipinski definition) is 2. The average molecular weight is 273 g/mol. The fourth-order valence-corrected chi connectivity index (χ4v) is 2.16. The van der Waals surface area contributed by atoms with Gasteiger partial charge in [0.2, 0.25) is 0 Å². The summed E-state index contributed by atoms with van der Waals surface area (Å²) in [6.07, 6.45) is 0. The minimum atomic E-state index is 0.691. The highest BCUT2D eigenvalue weighted by molar-refractivity contribution is 6.32. The van der Waals surface area contributed by atoms with Crippen LogP contribution in [0.3, 0.4) is 0 Å². The average Bonchev–Trinajstić information content (AvgIpc) is 2.35. The normalized spacial score (nSPS) is 10.3. The number of nitrogens with one attached hydrogen (secondary N) is 1. The Balaban J connectivity index is 2.28. The zero-order valence-electron chi connectivity index (χ0n) is 11.1. The van der Waals surface area contributed by atoms with E-state index in [2.05, 4.69) is 11.9 Å². The van der Waals surface area contributed by atoms with Crippen molar-refractivity contribution in [3.05, 3.63) is 64.7 Å². The summed E-state index contributed by atoms with van der Waals surface area (Å²) >= 11 is 6.20. The zero-order valence-corrected chi connectivity index (χ0v) is 11.9. The van der Waals surface area contributed by atoms with Gasteiger partial charge in [-0.2, -0.15) is 0 Å². The summed E-state index contributed by atoms with van der Waals surface area (Å²) in [5, 5.41) is 3.98. The van der Waals surface area contributed by atoms with Gasteiger partial charge in [-0.05, 0) is 49.7 Å². The Morgan fingerprint density at radius 1 is 1.16 bits per heavy atom. The minimum Gasteiger partial charge on any atom is -0.399 e. The SMILES string of the molecule is C=C(Nc1ccc(N)cc1C)c1cc(C)ccc1Cl. The Hall–Kier alpha value is -1.93. The highest BCUT2D eigenvalue weighted by Gasteiger charge is 2.06. The highest BCUT2D eigenvalue weighted by atomic mass is 35.5. The summed E-state index contributed by atoms with van der Waals surface area (Å²) in [7, 11) is 0. The van der Waals surface area contributed by atoms with Crippen LogP contribution < -0.4 is 11.1 Å². The van der Waals surface area contributed by atoms with E-state index in [1.807, 2.05) is 50.2 Å². The number of benzene rings is 2. The molecule has 0 unspecified atom stereocenters. The quantitative estimate of drug-likeness (QED) is 0.800. The molecule has 2 aromatic rings. The van der Waals surface area contributed by atoms with Gasteiger partial charge in [0, 0.05) is 27.7 Å². The van der Waals surface area contributed by atoms with Crippen molar-refractivity contribution in [2.24, 2.45) is 0 Å². The van der Waals surface area contributed by atoms with E-state index in [-0.39, 0.29) is 0 Å². The molecular formula is C16H17ClN2. The van der Waals surface area contributed by atoms with Gasteiger partial charge in [-0.3, -0.25) is 0 Å². The molecule has 0 aliphatic rings. The lowest BCUT2D eigenvalue weighted by Crippen LogP contribution is -2.00. The summed E-state index contributed by atoms with van der Waals surface area (Å²) < 4.78 is 0. The second-order valence-electron chi connectivity index (χ2n) is 4.66. The number of nitrogens with two attached hydrogens (primary N) is 1. The van der Waals surface area contributed by atoms with Crippen LogP contribution in [0, 0.1) is 13.8 Å². The lowest BCUT2D eigenvalue weighted by Gasteiger charge is -2.14. The highest BCUT2D eigenvalue weighted by Crippen LogP contribution is 2.27. The molecule has 0 aliphatic heterocycles. The van der Waals surface area contributed by atoms with Crippen molar-refractivity contribution in [3.63, 3.8) is 0 Å². The first-order valence-electron chi connectivity index (χ1n) is 6.06. The van der Waals surface area contributed by atoms with E-state index in [1.54, 1.807) is 0 Å². The summed E-state index contributed by atoms with van der Waals surface area (Å²) in [6.45, 7) is 8.09. The van der Waals surface area contributed by atoms with Gasteiger partial charge in [0.05, 0.1) is 0 Å². The van der Waals surface area contributed by atoms with E-state index in [9.17, 15) is 0 Å². The van der Waals surface area contributed by atoms with Gasteiger partial charge >= 0.3 is 0 Å². The van der Waals surface area contributed by atoms with Crippen molar-refractivity contribution >= 4 is 28.7 Å². The van der Waals surface area contributed by atoms with Crippen LogP contribution >= 0.6 is 11.6 Å². The van der Waals surface area contributed by atoms with E-state index in [1.165, 1.54) is 0 Å². The molecule has 0 bridgehead atoms. The standard InChI is InChI=1S/C16H17ClN2/c1-10-4-6-15(17)14(8-10)12(3)19-16-7-5-13(18)9-11(16)2/h4-9,19H,3,18H2,1-2H3. The Morgan fingerprint density at radius 2 is 1.89 bits per heavy atom. The fourth-order valence-electron chi connectivity index (χ4n) is 1.93. The van der Waals surface area contributed by atoms with Gasteiger partial charge in [0.15, 0.2) is 0 Å². The van der Waals surface area contributed by atoms with Crippen LogP contribution in [-0.4, -0.2) is 0 Å².